The van der Waals surface area contributed by atoms with Crippen molar-refractivity contribution in [3.05, 3.63) is 77.2 Å². The Morgan fingerprint density at radius 3 is 2.48 bits per heavy atom. The molecule has 0 saturated carbocycles. The van der Waals surface area contributed by atoms with Gasteiger partial charge in [-0.05, 0) is 23.3 Å². The average Bonchev–Trinajstić information content (AvgIpc) is 2.98. The topological polar surface area (TPSA) is 24.9 Å². The highest BCUT2D eigenvalue weighted by Gasteiger charge is 2.04. The van der Waals surface area contributed by atoms with Gasteiger partial charge in [0.25, 0.3) is 0 Å². The van der Waals surface area contributed by atoms with E-state index in [0.717, 1.165) is 28.5 Å². The van der Waals surface area contributed by atoms with Crippen LogP contribution in [0.3, 0.4) is 0 Å². The molecule has 0 fully saturated rings. The molecule has 0 amide bonds. The quantitative estimate of drug-likeness (QED) is 0.762. The molecule has 1 N–H and O–H groups in total. The fourth-order valence-corrected chi connectivity index (χ4v) is 2.94. The van der Waals surface area contributed by atoms with Crippen molar-refractivity contribution in [1.82, 2.24) is 10.3 Å². The molecule has 0 aliphatic heterocycles. The second kappa shape index (κ2) is 6.61. The van der Waals surface area contributed by atoms with Gasteiger partial charge < -0.3 is 5.32 Å². The third kappa shape index (κ3) is 3.74. The standard InChI is InChI=1S/C17H15FN2S/c18-15-8-6-14(7-9-15)16-11-20-17(21-16)12-19-10-13-4-2-1-3-5-13/h1-9,11,19H,10,12H2. The van der Waals surface area contributed by atoms with Crippen LogP contribution in [0.25, 0.3) is 10.4 Å². The van der Waals surface area contributed by atoms with Crippen molar-refractivity contribution in [2.24, 2.45) is 0 Å². The lowest BCUT2D eigenvalue weighted by Gasteiger charge is -2.02. The first-order valence-corrected chi connectivity index (χ1v) is 7.58. The van der Waals surface area contributed by atoms with Crippen LogP contribution in [0.1, 0.15) is 10.6 Å². The smallest absolute Gasteiger partial charge is 0.123 e. The maximum atomic E-state index is 12.9. The van der Waals surface area contributed by atoms with Crippen LogP contribution in [0.5, 0.6) is 0 Å². The molecule has 106 valence electrons. The van der Waals surface area contributed by atoms with E-state index in [1.807, 2.05) is 24.4 Å². The summed E-state index contributed by atoms with van der Waals surface area (Å²) in [4.78, 5) is 5.47. The number of rotatable bonds is 5. The van der Waals surface area contributed by atoms with E-state index in [1.54, 1.807) is 23.5 Å². The lowest BCUT2D eigenvalue weighted by molar-refractivity contribution is 0.628. The molecular weight excluding hydrogens is 283 g/mol. The van der Waals surface area contributed by atoms with E-state index in [-0.39, 0.29) is 5.82 Å². The molecule has 1 aromatic heterocycles. The molecule has 0 atom stereocenters. The molecule has 0 spiro atoms. The first kappa shape index (κ1) is 13.9. The molecule has 3 aromatic rings. The molecule has 4 heteroatoms. The molecule has 3 rings (SSSR count). The number of hydrogen-bond acceptors (Lipinski definition) is 3. The van der Waals surface area contributed by atoms with Gasteiger partial charge in [0.15, 0.2) is 0 Å². The van der Waals surface area contributed by atoms with Crippen LogP contribution in [-0.4, -0.2) is 4.98 Å². The van der Waals surface area contributed by atoms with Gasteiger partial charge in [0.2, 0.25) is 0 Å². The Morgan fingerprint density at radius 1 is 0.952 bits per heavy atom. The summed E-state index contributed by atoms with van der Waals surface area (Å²) in [5.41, 5.74) is 2.26. The molecule has 0 aliphatic rings. The second-order valence-corrected chi connectivity index (χ2v) is 5.83. The van der Waals surface area contributed by atoms with Crippen molar-refractivity contribution in [3.8, 4) is 10.4 Å². The minimum absolute atomic E-state index is 0.215. The molecule has 2 nitrogen and oxygen atoms in total. The zero-order valence-electron chi connectivity index (χ0n) is 11.4. The van der Waals surface area contributed by atoms with E-state index in [4.69, 9.17) is 0 Å². The summed E-state index contributed by atoms with van der Waals surface area (Å²) in [6, 6.07) is 16.8. The van der Waals surface area contributed by atoms with Gasteiger partial charge in [-0.25, -0.2) is 9.37 Å². The molecule has 21 heavy (non-hydrogen) atoms. The van der Waals surface area contributed by atoms with Crippen LogP contribution in [0.15, 0.2) is 60.8 Å². The van der Waals surface area contributed by atoms with Crippen molar-refractivity contribution >= 4 is 11.3 Å². The predicted molar refractivity (Wildman–Crippen MR) is 84.5 cm³/mol. The van der Waals surface area contributed by atoms with Gasteiger partial charge in [-0.1, -0.05) is 42.5 Å². The summed E-state index contributed by atoms with van der Waals surface area (Å²) in [5.74, 6) is -0.215. The first-order valence-electron chi connectivity index (χ1n) is 6.76. The molecule has 1 heterocycles. The van der Waals surface area contributed by atoms with Crippen molar-refractivity contribution in [3.63, 3.8) is 0 Å². The highest BCUT2D eigenvalue weighted by Crippen LogP contribution is 2.26. The number of nitrogens with one attached hydrogen (secondary N) is 1. The molecule has 0 radical (unpaired) electrons. The highest BCUT2D eigenvalue weighted by molar-refractivity contribution is 7.15. The molecule has 0 unspecified atom stereocenters. The summed E-state index contributed by atoms with van der Waals surface area (Å²) >= 11 is 1.63. The minimum atomic E-state index is -0.215. The number of aromatic nitrogens is 1. The monoisotopic (exact) mass is 298 g/mol. The normalized spacial score (nSPS) is 10.7. The maximum absolute atomic E-state index is 12.9. The van der Waals surface area contributed by atoms with Crippen molar-refractivity contribution in [2.75, 3.05) is 0 Å². The van der Waals surface area contributed by atoms with Crippen LogP contribution in [0.4, 0.5) is 4.39 Å². The van der Waals surface area contributed by atoms with Crippen LogP contribution < -0.4 is 5.32 Å². The fraction of sp³-hybridized carbons (Fsp3) is 0.118. The van der Waals surface area contributed by atoms with Crippen molar-refractivity contribution < 1.29 is 4.39 Å². The Kier molecular flexibility index (Phi) is 4.38. The van der Waals surface area contributed by atoms with E-state index in [0.29, 0.717) is 0 Å². The van der Waals surface area contributed by atoms with E-state index in [2.05, 4.69) is 22.4 Å². The Labute approximate surface area is 127 Å². The fourth-order valence-electron chi connectivity index (χ4n) is 2.05. The molecule has 0 aliphatic carbocycles. The lowest BCUT2D eigenvalue weighted by atomic mass is 10.2. The van der Waals surface area contributed by atoms with E-state index >= 15 is 0 Å². The Bertz CT molecular complexity index is 692. The Balaban J connectivity index is 1.59. The lowest BCUT2D eigenvalue weighted by Crippen LogP contribution is -2.12. The SMILES string of the molecule is Fc1ccc(-c2cnc(CNCc3ccccc3)s2)cc1. The van der Waals surface area contributed by atoms with Gasteiger partial charge in [-0.2, -0.15) is 0 Å². The number of thiazole rings is 1. The third-order valence-corrected chi connectivity index (χ3v) is 4.18. The average molecular weight is 298 g/mol. The van der Waals surface area contributed by atoms with E-state index in [9.17, 15) is 4.39 Å². The summed E-state index contributed by atoms with van der Waals surface area (Å²) in [5, 5.41) is 4.41. The molecule has 0 saturated heterocycles. The van der Waals surface area contributed by atoms with Gasteiger partial charge in [-0.15, -0.1) is 11.3 Å². The van der Waals surface area contributed by atoms with Gasteiger partial charge in [-0.3, -0.25) is 0 Å². The molecule has 2 aromatic carbocycles. The van der Waals surface area contributed by atoms with E-state index in [1.165, 1.54) is 17.7 Å². The Hall–Kier alpha value is -2.04. The van der Waals surface area contributed by atoms with Crippen LogP contribution in [0.2, 0.25) is 0 Å². The molecular formula is C17H15FN2S. The van der Waals surface area contributed by atoms with Crippen LogP contribution >= 0.6 is 11.3 Å². The minimum Gasteiger partial charge on any atom is -0.306 e. The van der Waals surface area contributed by atoms with Crippen molar-refractivity contribution in [2.45, 2.75) is 13.1 Å². The van der Waals surface area contributed by atoms with Crippen molar-refractivity contribution in [1.29, 1.82) is 0 Å². The van der Waals surface area contributed by atoms with Gasteiger partial charge in [0, 0.05) is 19.3 Å². The van der Waals surface area contributed by atoms with E-state index < -0.39 is 0 Å². The Morgan fingerprint density at radius 2 is 1.71 bits per heavy atom. The highest BCUT2D eigenvalue weighted by atomic mass is 32.1. The van der Waals surface area contributed by atoms with Gasteiger partial charge >= 0.3 is 0 Å². The summed E-state index contributed by atoms with van der Waals surface area (Å²) in [6.45, 7) is 1.56. The molecule has 0 bridgehead atoms. The largest absolute Gasteiger partial charge is 0.306 e. The maximum Gasteiger partial charge on any atom is 0.123 e. The zero-order valence-corrected chi connectivity index (χ0v) is 12.2. The van der Waals surface area contributed by atoms with Gasteiger partial charge in [0.1, 0.15) is 10.8 Å². The number of nitrogens with zero attached hydrogens (tertiary/aromatic N) is 1. The summed E-state index contributed by atoms with van der Waals surface area (Å²) in [7, 11) is 0. The summed E-state index contributed by atoms with van der Waals surface area (Å²) in [6.07, 6.45) is 1.84. The number of benzene rings is 2. The van der Waals surface area contributed by atoms with Crippen LogP contribution in [-0.2, 0) is 13.1 Å². The second-order valence-electron chi connectivity index (χ2n) is 4.71. The first-order chi connectivity index (χ1) is 10.3. The number of halogens is 1. The third-order valence-electron chi connectivity index (χ3n) is 3.13. The summed E-state index contributed by atoms with van der Waals surface area (Å²) < 4.78 is 12.9. The number of hydrogen-bond donors (Lipinski definition) is 1. The zero-order chi connectivity index (χ0) is 14.5. The van der Waals surface area contributed by atoms with Crippen LogP contribution in [0, 0.1) is 5.82 Å². The van der Waals surface area contributed by atoms with Gasteiger partial charge in [0.05, 0.1) is 4.88 Å². The predicted octanol–water partition coefficient (Wildman–Crippen LogP) is 4.24.